The average molecular weight is 348 g/mol. The lowest BCUT2D eigenvalue weighted by atomic mass is 10.2. The Balaban J connectivity index is 2.26. The fourth-order valence-electron chi connectivity index (χ4n) is 2.17. The van der Waals surface area contributed by atoms with Gasteiger partial charge in [-0.25, -0.2) is 8.42 Å². The van der Waals surface area contributed by atoms with Gasteiger partial charge in [-0.15, -0.1) is 0 Å². The SMILES string of the molecule is CN(C)C1CCN(S(=O)(=O)c2ccc(N)c(Br)c2)C1. The standard InChI is InChI=1S/C12H18BrN3O2S/c1-15(2)9-5-6-16(8-9)19(17,18)10-3-4-12(14)11(13)7-10/h3-4,7,9H,5-6,8,14H2,1-2H3. The van der Waals surface area contributed by atoms with Crippen molar-refractivity contribution < 1.29 is 8.42 Å². The van der Waals surface area contributed by atoms with Crippen LogP contribution in [0.2, 0.25) is 0 Å². The maximum atomic E-state index is 12.5. The van der Waals surface area contributed by atoms with Crippen LogP contribution in [-0.4, -0.2) is 50.8 Å². The number of sulfonamides is 1. The summed E-state index contributed by atoms with van der Waals surface area (Å²) in [5.41, 5.74) is 6.22. The van der Waals surface area contributed by atoms with Gasteiger partial charge < -0.3 is 10.6 Å². The Kier molecular flexibility index (Phi) is 4.20. The second-order valence-corrected chi connectivity index (χ2v) is 7.74. The average Bonchev–Trinajstić information content (AvgIpc) is 2.82. The summed E-state index contributed by atoms with van der Waals surface area (Å²) in [5, 5.41) is 0. The molecule has 7 heteroatoms. The first-order valence-electron chi connectivity index (χ1n) is 6.04. The Bertz CT molecular complexity index is 574. The van der Waals surface area contributed by atoms with Gasteiger partial charge in [0.25, 0.3) is 0 Å². The van der Waals surface area contributed by atoms with E-state index in [9.17, 15) is 8.42 Å². The summed E-state index contributed by atoms with van der Waals surface area (Å²) in [5.74, 6) is 0. The zero-order valence-electron chi connectivity index (χ0n) is 11.0. The molecule has 1 aliphatic rings. The van der Waals surface area contributed by atoms with Gasteiger partial charge in [0.05, 0.1) is 4.90 Å². The van der Waals surface area contributed by atoms with E-state index in [1.54, 1.807) is 18.2 Å². The number of hydrogen-bond donors (Lipinski definition) is 1. The van der Waals surface area contributed by atoms with Gasteiger partial charge in [0.2, 0.25) is 10.0 Å². The van der Waals surface area contributed by atoms with Crippen molar-refractivity contribution in [3.8, 4) is 0 Å². The first kappa shape index (κ1) is 14.8. The first-order valence-corrected chi connectivity index (χ1v) is 8.27. The molecule has 0 spiro atoms. The van der Waals surface area contributed by atoms with E-state index in [4.69, 9.17) is 5.73 Å². The third kappa shape index (κ3) is 2.94. The summed E-state index contributed by atoms with van der Waals surface area (Å²) in [7, 11) is 0.522. The lowest BCUT2D eigenvalue weighted by molar-refractivity contribution is 0.302. The number of benzene rings is 1. The van der Waals surface area contributed by atoms with E-state index >= 15 is 0 Å². The van der Waals surface area contributed by atoms with Crippen LogP contribution in [0.4, 0.5) is 5.69 Å². The van der Waals surface area contributed by atoms with Crippen molar-refractivity contribution in [2.75, 3.05) is 32.9 Å². The molecule has 0 bridgehead atoms. The fraction of sp³-hybridized carbons (Fsp3) is 0.500. The molecule has 1 saturated heterocycles. The molecule has 0 aromatic heterocycles. The number of nitrogens with zero attached hydrogens (tertiary/aromatic N) is 2. The van der Waals surface area contributed by atoms with Crippen LogP contribution >= 0.6 is 15.9 Å². The zero-order chi connectivity index (χ0) is 14.2. The molecule has 19 heavy (non-hydrogen) atoms. The quantitative estimate of drug-likeness (QED) is 0.838. The van der Waals surface area contributed by atoms with Gasteiger partial charge in [-0.3, -0.25) is 0 Å². The van der Waals surface area contributed by atoms with Crippen molar-refractivity contribution >= 4 is 31.6 Å². The highest BCUT2D eigenvalue weighted by molar-refractivity contribution is 9.10. The first-order chi connectivity index (χ1) is 8.82. The molecule has 2 N–H and O–H groups in total. The van der Waals surface area contributed by atoms with E-state index in [2.05, 4.69) is 20.8 Å². The maximum Gasteiger partial charge on any atom is 0.243 e. The van der Waals surface area contributed by atoms with E-state index in [-0.39, 0.29) is 10.9 Å². The van der Waals surface area contributed by atoms with E-state index in [0.29, 0.717) is 23.2 Å². The van der Waals surface area contributed by atoms with Gasteiger partial charge in [0, 0.05) is 29.3 Å². The maximum absolute atomic E-state index is 12.5. The van der Waals surface area contributed by atoms with E-state index < -0.39 is 10.0 Å². The molecule has 1 aliphatic heterocycles. The molecule has 1 heterocycles. The Labute approximate surface area is 122 Å². The molecule has 2 rings (SSSR count). The summed E-state index contributed by atoms with van der Waals surface area (Å²) in [6, 6.07) is 5.01. The van der Waals surface area contributed by atoms with Gasteiger partial charge in [-0.2, -0.15) is 4.31 Å². The van der Waals surface area contributed by atoms with Crippen LogP contribution in [-0.2, 0) is 10.0 Å². The lowest BCUT2D eigenvalue weighted by Gasteiger charge is -2.20. The summed E-state index contributed by atoms with van der Waals surface area (Å²) >= 11 is 3.27. The minimum absolute atomic E-state index is 0.284. The highest BCUT2D eigenvalue weighted by atomic mass is 79.9. The lowest BCUT2D eigenvalue weighted by Crippen LogP contribution is -2.34. The Morgan fingerprint density at radius 1 is 1.42 bits per heavy atom. The summed E-state index contributed by atoms with van der Waals surface area (Å²) in [4.78, 5) is 2.35. The van der Waals surface area contributed by atoms with Crippen LogP contribution in [0.15, 0.2) is 27.6 Å². The van der Waals surface area contributed by atoms with Crippen molar-refractivity contribution in [2.24, 2.45) is 0 Å². The van der Waals surface area contributed by atoms with Crippen LogP contribution in [0.1, 0.15) is 6.42 Å². The molecule has 1 aromatic rings. The predicted molar refractivity (Wildman–Crippen MR) is 79.4 cm³/mol. The molecular formula is C12H18BrN3O2S. The smallest absolute Gasteiger partial charge is 0.243 e. The summed E-state index contributed by atoms with van der Waals surface area (Å²) in [6.45, 7) is 1.10. The van der Waals surface area contributed by atoms with Crippen molar-refractivity contribution in [1.29, 1.82) is 0 Å². The Morgan fingerprint density at radius 2 is 2.11 bits per heavy atom. The largest absolute Gasteiger partial charge is 0.398 e. The van der Waals surface area contributed by atoms with E-state index in [0.717, 1.165) is 6.42 Å². The predicted octanol–water partition coefficient (Wildman–Crippen LogP) is 1.36. The number of rotatable bonds is 3. The molecule has 1 fully saturated rings. The van der Waals surface area contributed by atoms with Gasteiger partial charge in [0.15, 0.2) is 0 Å². The van der Waals surface area contributed by atoms with Gasteiger partial charge in [-0.05, 0) is 54.6 Å². The van der Waals surface area contributed by atoms with E-state index in [1.807, 2.05) is 14.1 Å². The molecule has 0 aliphatic carbocycles. The summed E-state index contributed by atoms with van der Waals surface area (Å²) < 4.78 is 27.2. The van der Waals surface area contributed by atoms with Crippen LogP contribution in [0.3, 0.4) is 0 Å². The molecule has 106 valence electrons. The highest BCUT2D eigenvalue weighted by Gasteiger charge is 2.33. The molecule has 1 aromatic carbocycles. The van der Waals surface area contributed by atoms with Crippen LogP contribution < -0.4 is 5.73 Å². The minimum atomic E-state index is -3.42. The number of hydrogen-bond acceptors (Lipinski definition) is 4. The number of nitrogen functional groups attached to an aromatic ring is 1. The van der Waals surface area contributed by atoms with Crippen molar-refractivity contribution in [2.45, 2.75) is 17.4 Å². The van der Waals surface area contributed by atoms with Crippen LogP contribution in [0.5, 0.6) is 0 Å². The Morgan fingerprint density at radius 3 is 2.63 bits per heavy atom. The second-order valence-electron chi connectivity index (χ2n) is 4.95. The van der Waals surface area contributed by atoms with Gasteiger partial charge >= 0.3 is 0 Å². The zero-order valence-corrected chi connectivity index (χ0v) is 13.4. The van der Waals surface area contributed by atoms with Crippen molar-refractivity contribution in [1.82, 2.24) is 9.21 Å². The molecule has 0 amide bonds. The number of nitrogens with two attached hydrogens (primary N) is 1. The monoisotopic (exact) mass is 347 g/mol. The fourth-order valence-corrected chi connectivity index (χ4v) is 4.22. The number of likely N-dealkylation sites (N-methyl/N-ethyl adjacent to an activating group) is 1. The molecule has 1 unspecified atom stereocenters. The third-order valence-corrected chi connectivity index (χ3v) is 6.01. The number of anilines is 1. The van der Waals surface area contributed by atoms with Crippen LogP contribution in [0, 0.1) is 0 Å². The topological polar surface area (TPSA) is 66.6 Å². The minimum Gasteiger partial charge on any atom is -0.398 e. The molecular weight excluding hydrogens is 330 g/mol. The van der Waals surface area contributed by atoms with E-state index in [1.165, 1.54) is 4.31 Å². The normalized spacial score (nSPS) is 21.2. The van der Waals surface area contributed by atoms with Crippen molar-refractivity contribution in [3.05, 3.63) is 22.7 Å². The van der Waals surface area contributed by atoms with Crippen LogP contribution in [0.25, 0.3) is 0 Å². The second kappa shape index (κ2) is 5.40. The molecule has 0 radical (unpaired) electrons. The molecule has 0 saturated carbocycles. The molecule has 1 atom stereocenters. The van der Waals surface area contributed by atoms with Gasteiger partial charge in [0.1, 0.15) is 0 Å². The highest BCUT2D eigenvalue weighted by Crippen LogP contribution is 2.27. The summed E-state index contributed by atoms with van der Waals surface area (Å²) in [6.07, 6.45) is 0.863. The molecule has 5 nitrogen and oxygen atoms in total. The van der Waals surface area contributed by atoms with Crippen molar-refractivity contribution in [3.63, 3.8) is 0 Å². The third-order valence-electron chi connectivity index (χ3n) is 3.47. The van der Waals surface area contributed by atoms with Gasteiger partial charge in [-0.1, -0.05) is 0 Å². The Hall–Kier alpha value is -0.630. The number of halogens is 1.